The molecule has 0 unspecified atom stereocenters. The summed E-state index contributed by atoms with van der Waals surface area (Å²) in [7, 11) is 0. The number of ether oxygens (including phenoxy) is 1. The van der Waals surface area contributed by atoms with Crippen LogP contribution in [0.1, 0.15) is 19.4 Å². The lowest BCUT2D eigenvalue weighted by Crippen LogP contribution is -2.30. The molecule has 1 aliphatic heterocycles. The van der Waals surface area contributed by atoms with Gasteiger partial charge in [0.15, 0.2) is 0 Å². The van der Waals surface area contributed by atoms with Gasteiger partial charge in [0.2, 0.25) is 0 Å². The molecule has 0 atom stereocenters. The maximum Gasteiger partial charge on any atom is 0.117 e. The van der Waals surface area contributed by atoms with Gasteiger partial charge in [0.25, 0.3) is 0 Å². The summed E-state index contributed by atoms with van der Waals surface area (Å²) in [5, 5.41) is 3.20. The number of benzene rings is 1. The second-order valence-corrected chi connectivity index (χ2v) is 3.52. The molecule has 1 aromatic carbocycles. The lowest BCUT2D eigenvalue weighted by atomic mass is 9.95. The van der Waals surface area contributed by atoms with Crippen molar-refractivity contribution in [1.82, 2.24) is 0 Å². The van der Waals surface area contributed by atoms with Crippen molar-refractivity contribution in [2.75, 3.05) is 12.0 Å². The molecule has 2 rings (SSSR count). The van der Waals surface area contributed by atoms with E-state index in [1.807, 2.05) is 12.1 Å². The summed E-state index contributed by atoms with van der Waals surface area (Å²) in [4.78, 5) is 0. The van der Waals surface area contributed by atoms with Crippen LogP contribution in [0.15, 0.2) is 24.3 Å². The van der Waals surface area contributed by atoms with E-state index >= 15 is 0 Å². The number of hydrogen-bond acceptors (Lipinski definition) is 2. The fourth-order valence-electron chi connectivity index (χ4n) is 1.53. The molecule has 0 saturated carbocycles. The third-order valence-corrected chi connectivity index (χ3v) is 2.27. The zero-order valence-corrected chi connectivity index (χ0v) is 7.42. The molecule has 0 radical (unpaired) electrons. The van der Waals surface area contributed by atoms with Crippen LogP contribution in [0, 0.1) is 0 Å². The quantitative estimate of drug-likeness (QED) is 0.633. The highest BCUT2D eigenvalue weighted by molar-refractivity contribution is 5.54. The number of hydrogen-bond donors (Lipinski definition) is 1. The Kier molecular flexibility index (Phi) is 1.58. The fourth-order valence-corrected chi connectivity index (χ4v) is 1.53. The predicted molar refractivity (Wildman–Crippen MR) is 49.0 cm³/mol. The summed E-state index contributed by atoms with van der Waals surface area (Å²) >= 11 is 0. The summed E-state index contributed by atoms with van der Waals surface area (Å²) in [6, 6.07) is 8.26. The summed E-state index contributed by atoms with van der Waals surface area (Å²) in [6.45, 7) is 4.78. The first-order valence-electron chi connectivity index (χ1n) is 4.17. The van der Waals surface area contributed by atoms with Crippen LogP contribution in [-0.2, 0) is 10.3 Å². The Labute approximate surface area is 72.5 Å². The van der Waals surface area contributed by atoms with Crippen molar-refractivity contribution in [2.45, 2.75) is 19.4 Å². The molecule has 2 nitrogen and oxygen atoms in total. The topological polar surface area (TPSA) is 21.3 Å². The SMILES string of the molecule is CC1(C)OCNc2ccccc21. The van der Waals surface area contributed by atoms with Crippen molar-refractivity contribution in [3.8, 4) is 0 Å². The Morgan fingerprint density at radius 2 is 2.08 bits per heavy atom. The Bertz CT molecular complexity index is 294. The van der Waals surface area contributed by atoms with E-state index in [9.17, 15) is 0 Å². The molecular weight excluding hydrogens is 150 g/mol. The predicted octanol–water partition coefficient (Wildman–Crippen LogP) is 2.32. The Morgan fingerprint density at radius 1 is 1.33 bits per heavy atom. The van der Waals surface area contributed by atoms with E-state index in [1.54, 1.807) is 0 Å². The Morgan fingerprint density at radius 3 is 2.83 bits per heavy atom. The maximum atomic E-state index is 5.58. The van der Waals surface area contributed by atoms with Gasteiger partial charge in [-0.3, -0.25) is 0 Å². The molecule has 64 valence electrons. The van der Waals surface area contributed by atoms with Crippen molar-refractivity contribution >= 4 is 5.69 Å². The molecule has 1 heterocycles. The van der Waals surface area contributed by atoms with Crippen molar-refractivity contribution in [2.24, 2.45) is 0 Å². The summed E-state index contributed by atoms with van der Waals surface area (Å²) in [6.07, 6.45) is 0. The first-order valence-corrected chi connectivity index (χ1v) is 4.17. The lowest BCUT2D eigenvalue weighted by Gasteiger charge is -2.33. The van der Waals surface area contributed by atoms with E-state index in [0.717, 1.165) is 0 Å². The Hall–Kier alpha value is -1.02. The molecule has 2 heteroatoms. The van der Waals surface area contributed by atoms with Gasteiger partial charge in [-0.15, -0.1) is 0 Å². The number of rotatable bonds is 0. The minimum absolute atomic E-state index is 0.151. The van der Waals surface area contributed by atoms with Gasteiger partial charge in [-0.2, -0.15) is 0 Å². The first-order chi connectivity index (χ1) is 5.70. The molecule has 1 N–H and O–H groups in total. The van der Waals surface area contributed by atoms with Gasteiger partial charge in [0, 0.05) is 11.3 Å². The fraction of sp³-hybridized carbons (Fsp3) is 0.400. The molecule has 0 spiro atoms. The average molecular weight is 163 g/mol. The number of nitrogens with one attached hydrogen (secondary N) is 1. The van der Waals surface area contributed by atoms with Gasteiger partial charge in [-0.1, -0.05) is 18.2 Å². The third kappa shape index (κ3) is 1.08. The molecule has 12 heavy (non-hydrogen) atoms. The van der Waals surface area contributed by atoms with Gasteiger partial charge in [-0.25, -0.2) is 0 Å². The van der Waals surface area contributed by atoms with Gasteiger partial charge in [0.1, 0.15) is 6.73 Å². The molecule has 0 aliphatic carbocycles. The molecular formula is C10H13NO. The third-order valence-electron chi connectivity index (χ3n) is 2.27. The van der Waals surface area contributed by atoms with E-state index in [2.05, 4.69) is 31.3 Å². The molecule has 0 fully saturated rings. The zero-order valence-electron chi connectivity index (χ0n) is 7.42. The van der Waals surface area contributed by atoms with E-state index < -0.39 is 0 Å². The van der Waals surface area contributed by atoms with Crippen LogP contribution in [0.4, 0.5) is 5.69 Å². The molecule has 1 aromatic rings. The molecule has 0 bridgehead atoms. The van der Waals surface area contributed by atoms with Gasteiger partial charge < -0.3 is 10.1 Å². The highest BCUT2D eigenvalue weighted by atomic mass is 16.5. The molecule has 0 amide bonds. The van der Waals surface area contributed by atoms with Crippen LogP contribution in [-0.4, -0.2) is 6.73 Å². The van der Waals surface area contributed by atoms with Crippen LogP contribution in [0.5, 0.6) is 0 Å². The van der Waals surface area contributed by atoms with E-state index in [-0.39, 0.29) is 5.60 Å². The van der Waals surface area contributed by atoms with Crippen LogP contribution in [0.2, 0.25) is 0 Å². The highest BCUT2D eigenvalue weighted by Gasteiger charge is 2.27. The molecule has 0 saturated heterocycles. The standard InChI is InChI=1S/C10H13NO/c1-10(2)8-5-3-4-6-9(8)11-7-12-10/h3-6,11H,7H2,1-2H3. The van der Waals surface area contributed by atoms with Crippen molar-refractivity contribution < 1.29 is 4.74 Å². The minimum atomic E-state index is -0.151. The van der Waals surface area contributed by atoms with Gasteiger partial charge in [-0.05, 0) is 19.9 Å². The monoisotopic (exact) mass is 163 g/mol. The second kappa shape index (κ2) is 2.49. The van der Waals surface area contributed by atoms with Crippen molar-refractivity contribution in [3.63, 3.8) is 0 Å². The van der Waals surface area contributed by atoms with E-state index in [4.69, 9.17) is 4.74 Å². The Balaban J connectivity index is 2.52. The van der Waals surface area contributed by atoms with Crippen molar-refractivity contribution in [1.29, 1.82) is 0 Å². The summed E-state index contributed by atoms with van der Waals surface area (Å²) < 4.78 is 5.58. The van der Waals surface area contributed by atoms with Gasteiger partial charge >= 0.3 is 0 Å². The molecule has 1 aliphatic rings. The second-order valence-electron chi connectivity index (χ2n) is 3.52. The maximum absolute atomic E-state index is 5.58. The van der Waals surface area contributed by atoms with Crippen LogP contribution < -0.4 is 5.32 Å². The van der Waals surface area contributed by atoms with Gasteiger partial charge in [0.05, 0.1) is 5.60 Å². The van der Waals surface area contributed by atoms with Crippen molar-refractivity contribution in [3.05, 3.63) is 29.8 Å². The van der Waals surface area contributed by atoms with Crippen LogP contribution >= 0.6 is 0 Å². The smallest absolute Gasteiger partial charge is 0.117 e. The first kappa shape index (κ1) is 7.62. The highest BCUT2D eigenvalue weighted by Crippen LogP contribution is 2.33. The summed E-state index contributed by atoms with van der Waals surface area (Å²) in [5.74, 6) is 0. The number of fused-ring (bicyclic) bond motifs is 1. The zero-order chi connectivity index (χ0) is 8.60. The van der Waals surface area contributed by atoms with Crippen LogP contribution in [0.3, 0.4) is 0 Å². The molecule has 0 aromatic heterocycles. The van der Waals surface area contributed by atoms with E-state index in [0.29, 0.717) is 6.73 Å². The number of anilines is 1. The van der Waals surface area contributed by atoms with E-state index in [1.165, 1.54) is 11.3 Å². The average Bonchev–Trinajstić information content (AvgIpc) is 2.04. The summed E-state index contributed by atoms with van der Waals surface area (Å²) in [5.41, 5.74) is 2.27. The number of para-hydroxylation sites is 1. The normalized spacial score (nSPS) is 19.5. The largest absolute Gasteiger partial charge is 0.362 e. The lowest BCUT2D eigenvalue weighted by molar-refractivity contribution is -0.0178. The minimum Gasteiger partial charge on any atom is -0.362 e. The van der Waals surface area contributed by atoms with Crippen LogP contribution in [0.25, 0.3) is 0 Å².